The van der Waals surface area contributed by atoms with E-state index in [-0.39, 0.29) is 6.17 Å². The van der Waals surface area contributed by atoms with Crippen molar-refractivity contribution in [1.82, 2.24) is 9.88 Å². The van der Waals surface area contributed by atoms with E-state index in [1.165, 1.54) is 16.5 Å². The van der Waals surface area contributed by atoms with Gasteiger partial charge in [-0.1, -0.05) is 146 Å². The van der Waals surface area contributed by atoms with E-state index in [9.17, 15) is 0 Å². The van der Waals surface area contributed by atoms with Crippen LogP contribution in [0.15, 0.2) is 197 Å². The van der Waals surface area contributed by atoms with Crippen LogP contribution in [0.1, 0.15) is 22.9 Å². The summed E-state index contributed by atoms with van der Waals surface area (Å²) in [7, 11) is 0. The number of aliphatic imine (C=N–C) groups is 1. The van der Waals surface area contributed by atoms with E-state index in [1.54, 1.807) is 0 Å². The molecule has 1 aliphatic heterocycles. The van der Waals surface area contributed by atoms with Gasteiger partial charge in [0.15, 0.2) is 0 Å². The first-order valence-corrected chi connectivity index (χ1v) is 17.7. The highest BCUT2D eigenvalue weighted by Gasteiger charge is 2.21. The molecule has 2 aromatic heterocycles. The molecule has 246 valence electrons. The zero-order valence-electron chi connectivity index (χ0n) is 28.3. The zero-order chi connectivity index (χ0) is 34.4. The Kier molecular flexibility index (Phi) is 7.17. The van der Waals surface area contributed by atoms with Gasteiger partial charge in [0, 0.05) is 27.7 Å². The predicted octanol–water partition coefficient (Wildman–Crippen LogP) is 12.0. The van der Waals surface area contributed by atoms with Crippen molar-refractivity contribution in [2.24, 2.45) is 4.99 Å². The summed E-state index contributed by atoms with van der Waals surface area (Å²) in [6.45, 7) is 0. The summed E-state index contributed by atoms with van der Waals surface area (Å²) in [4.78, 5) is 5.26. The van der Waals surface area contributed by atoms with Gasteiger partial charge in [0.25, 0.3) is 0 Å². The molecule has 3 heterocycles. The fourth-order valence-corrected chi connectivity index (χ4v) is 7.48. The van der Waals surface area contributed by atoms with Crippen LogP contribution >= 0.6 is 0 Å². The highest BCUT2D eigenvalue weighted by molar-refractivity contribution is 6.20. The maximum absolute atomic E-state index is 6.60. The van der Waals surface area contributed by atoms with Crippen molar-refractivity contribution in [2.75, 3.05) is 0 Å². The topological polar surface area (TPSA) is 42.5 Å². The van der Waals surface area contributed by atoms with Gasteiger partial charge >= 0.3 is 0 Å². The van der Waals surface area contributed by atoms with Gasteiger partial charge < -0.3 is 14.3 Å². The molecule has 52 heavy (non-hydrogen) atoms. The zero-order valence-corrected chi connectivity index (χ0v) is 28.3. The summed E-state index contributed by atoms with van der Waals surface area (Å²) in [5.41, 5.74) is 13.0. The Morgan fingerprint density at radius 3 is 1.87 bits per heavy atom. The third kappa shape index (κ3) is 5.21. The molecule has 7 aromatic carbocycles. The Morgan fingerprint density at radius 2 is 1.13 bits per heavy atom. The number of furan rings is 1. The van der Waals surface area contributed by atoms with Crippen LogP contribution in [0.3, 0.4) is 0 Å². The van der Waals surface area contributed by atoms with Crippen LogP contribution in [-0.4, -0.2) is 10.3 Å². The average Bonchev–Trinajstić information content (AvgIpc) is 3.82. The highest BCUT2D eigenvalue weighted by atomic mass is 16.3. The third-order valence-corrected chi connectivity index (χ3v) is 10.1. The van der Waals surface area contributed by atoms with Crippen LogP contribution in [0.2, 0.25) is 0 Å². The van der Waals surface area contributed by atoms with Gasteiger partial charge in [0.1, 0.15) is 17.5 Å². The lowest BCUT2D eigenvalue weighted by Gasteiger charge is -2.25. The minimum absolute atomic E-state index is 0.254. The molecule has 0 aliphatic carbocycles. The van der Waals surface area contributed by atoms with Crippen LogP contribution in [0.5, 0.6) is 0 Å². The molecule has 0 bridgehead atoms. The largest absolute Gasteiger partial charge is 0.455 e. The number of aromatic nitrogens is 1. The Bertz CT molecular complexity index is 2770. The second-order valence-corrected chi connectivity index (χ2v) is 13.2. The maximum Gasteiger partial charge on any atom is 0.145 e. The average molecular weight is 668 g/mol. The molecule has 0 saturated heterocycles. The SMILES string of the molecule is C1=C(c2ccccc2)NC(c2ccc(-n3c4ccccc4c4c5oc(-c6ccccc6)cc5ccc43)cc2)N=C1c1ccc(-c2ccccc2)cc1. The third-order valence-electron chi connectivity index (χ3n) is 10.1. The molecule has 1 aliphatic rings. The number of nitrogens with one attached hydrogen (secondary N) is 1. The minimum atomic E-state index is -0.254. The minimum Gasteiger partial charge on any atom is -0.455 e. The van der Waals surface area contributed by atoms with Crippen molar-refractivity contribution >= 4 is 44.2 Å². The number of hydrogen-bond acceptors (Lipinski definition) is 3. The molecule has 4 nitrogen and oxygen atoms in total. The Balaban J connectivity index is 1.04. The van der Waals surface area contributed by atoms with Gasteiger partial charge in [0.2, 0.25) is 0 Å². The molecule has 0 spiro atoms. The molecule has 0 saturated carbocycles. The van der Waals surface area contributed by atoms with Crippen molar-refractivity contribution in [3.05, 3.63) is 205 Å². The number of nitrogens with zero attached hydrogens (tertiary/aromatic N) is 2. The monoisotopic (exact) mass is 667 g/mol. The first kappa shape index (κ1) is 30.0. The quantitative estimate of drug-likeness (QED) is 0.192. The summed E-state index contributed by atoms with van der Waals surface area (Å²) in [5, 5.41) is 7.11. The smallest absolute Gasteiger partial charge is 0.145 e. The van der Waals surface area contributed by atoms with Crippen molar-refractivity contribution in [3.63, 3.8) is 0 Å². The van der Waals surface area contributed by atoms with E-state index in [2.05, 4.69) is 168 Å². The first-order valence-electron chi connectivity index (χ1n) is 17.7. The molecule has 1 atom stereocenters. The van der Waals surface area contributed by atoms with E-state index >= 15 is 0 Å². The highest BCUT2D eigenvalue weighted by Crippen LogP contribution is 2.40. The van der Waals surface area contributed by atoms with Gasteiger partial charge in [-0.05, 0) is 70.3 Å². The van der Waals surface area contributed by atoms with Gasteiger partial charge in [-0.15, -0.1) is 0 Å². The number of para-hydroxylation sites is 1. The Morgan fingerprint density at radius 1 is 0.519 bits per heavy atom. The van der Waals surface area contributed by atoms with E-state index in [0.29, 0.717) is 0 Å². The Hall–Kier alpha value is -6.91. The molecule has 1 N–H and O–H groups in total. The lowest BCUT2D eigenvalue weighted by molar-refractivity contribution is 0.635. The maximum atomic E-state index is 6.60. The lowest BCUT2D eigenvalue weighted by Crippen LogP contribution is -2.24. The van der Waals surface area contributed by atoms with Crippen LogP contribution in [0.4, 0.5) is 0 Å². The van der Waals surface area contributed by atoms with Gasteiger partial charge in [-0.3, -0.25) is 4.99 Å². The van der Waals surface area contributed by atoms with Crippen molar-refractivity contribution in [2.45, 2.75) is 6.17 Å². The fourth-order valence-electron chi connectivity index (χ4n) is 7.48. The summed E-state index contributed by atoms with van der Waals surface area (Å²) < 4.78 is 8.94. The van der Waals surface area contributed by atoms with Crippen LogP contribution in [-0.2, 0) is 0 Å². The number of hydrogen-bond donors (Lipinski definition) is 1. The van der Waals surface area contributed by atoms with Crippen molar-refractivity contribution in [1.29, 1.82) is 0 Å². The number of benzene rings is 7. The van der Waals surface area contributed by atoms with Crippen LogP contribution < -0.4 is 5.32 Å². The molecule has 1 unspecified atom stereocenters. The fraction of sp³-hybridized carbons (Fsp3) is 0.0208. The van der Waals surface area contributed by atoms with E-state index < -0.39 is 0 Å². The van der Waals surface area contributed by atoms with Gasteiger partial charge in [0.05, 0.1) is 22.1 Å². The molecule has 0 fully saturated rings. The number of allylic oxidation sites excluding steroid dienone is 1. The summed E-state index contributed by atoms with van der Waals surface area (Å²) >= 11 is 0. The van der Waals surface area contributed by atoms with Crippen LogP contribution in [0, 0.1) is 0 Å². The van der Waals surface area contributed by atoms with Gasteiger partial charge in [-0.25, -0.2) is 0 Å². The van der Waals surface area contributed by atoms with E-state index in [1.807, 2.05) is 30.3 Å². The Labute approximate surface area is 301 Å². The predicted molar refractivity (Wildman–Crippen MR) is 215 cm³/mol. The molecule has 9 aromatic rings. The molecular weight excluding hydrogens is 635 g/mol. The van der Waals surface area contributed by atoms with Crippen molar-refractivity contribution < 1.29 is 4.42 Å². The second-order valence-electron chi connectivity index (χ2n) is 13.2. The van der Waals surface area contributed by atoms with Crippen LogP contribution in [0.25, 0.3) is 66.6 Å². The lowest BCUT2D eigenvalue weighted by atomic mass is 9.99. The number of fused-ring (bicyclic) bond motifs is 5. The normalized spacial score (nSPS) is 14.3. The summed E-state index contributed by atoms with van der Waals surface area (Å²) in [6.07, 6.45) is 1.91. The van der Waals surface area contributed by atoms with E-state index in [0.717, 1.165) is 72.5 Å². The standard InChI is InChI=1S/C48H33N3O/c1-4-12-32(13-5-1)33-20-22-35(23-21-33)42-31-41(34-14-6-2-7-15-34)49-48(50-42)37-24-27-39(28-25-37)51-43-19-11-10-18-40(43)46-44(51)29-26-38-30-45(52-47(38)46)36-16-8-3-9-17-36/h1-31,48-49H. The second kappa shape index (κ2) is 12.4. The molecule has 0 amide bonds. The summed E-state index contributed by atoms with van der Waals surface area (Å²) in [5.74, 6) is 0.875. The molecular formula is C48H33N3O. The number of rotatable bonds is 6. The summed E-state index contributed by atoms with van der Waals surface area (Å²) in [6, 6.07) is 63.9. The van der Waals surface area contributed by atoms with E-state index in [4.69, 9.17) is 9.41 Å². The van der Waals surface area contributed by atoms with Crippen molar-refractivity contribution in [3.8, 4) is 28.1 Å². The van der Waals surface area contributed by atoms with Gasteiger partial charge in [-0.2, -0.15) is 0 Å². The molecule has 4 heteroatoms. The molecule has 0 radical (unpaired) electrons. The molecule has 10 rings (SSSR count). The first-order chi connectivity index (χ1) is 25.8.